The smallest absolute Gasteiger partial charge is 0.407 e. The quantitative estimate of drug-likeness (QED) is 0.884. The number of hydrogen-bond acceptors (Lipinski definition) is 3. The molecule has 3 N–H and O–H groups in total. The second-order valence-corrected chi connectivity index (χ2v) is 5.90. The highest BCUT2D eigenvalue weighted by molar-refractivity contribution is 6.30. The standard InChI is InChI=1S/C15H14ClFN4O3/c16-9-3-1-2-8(4-9)13-12(14(18)22)11-7-20(15(23)24)6-10(5-17)21(11)19-13/h1-4,10H,5-7H2,(H2,18,22)(H,23,24). The minimum Gasteiger partial charge on any atom is -0.465 e. The van der Waals surface area contributed by atoms with Gasteiger partial charge in [0.1, 0.15) is 12.4 Å². The third-order valence-electron chi connectivity index (χ3n) is 3.92. The normalized spacial score (nSPS) is 16.8. The molecule has 0 bridgehead atoms. The van der Waals surface area contributed by atoms with Gasteiger partial charge in [-0.15, -0.1) is 0 Å². The van der Waals surface area contributed by atoms with E-state index in [1.54, 1.807) is 24.3 Å². The van der Waals surface area contributed by atoms with Gasteiger partial charge in [0, 0.05) is 17.1 Å². The Hall–Kier alpha value is -2.61. The molecule has 0 saturated carbocycles. The molecule has 24 heavy (non-hydrogen) atoms. The molecular formula is C15H14ClFN4O3. The zero-order chi connectivity index (χ0) is 17.4. The van der Waals surface area contributed by atoms with Crippen LogP contribution in [0.15, 0.2) is 24.3 Å². The lowest BCUT2D eigenvalue weighted by Crippen LogP contribution is -2.42. The van der Waals surface area contributed by atoms with E-state index in [0.29, 0.717) is 10.6 Å². The van der Waals surface area contributed by atoms with Crippen molar-refractivity contribution < 1.29 is 19.1 Å². The molecule has 2 aromatic rings. The number of amides is 2. The van der Waals surface area contributed by atoms with E-state index in [2.05, 4.69) is 5.10 Å². The fourth-order valence-electron chi connectivity index (χ4n) is 2.86. The van der Waals surface area contributed by atoms with E-state index in [1.807, 2.05) is 0 Å². The number of nitrogens with two attached hydrogens (primary N) is 1. The number of primary amides is 1. The van der Waals surface area contributed by atoms with E-state index in [-0.39, 0.29) is 30.0 Å². The Balaban J connectivity index is 2.20. The Morgan fingerprint density at radius 3 is 2.79 bits per heavy atom. The first kappa shape index (κ1) is 16.3. The Morgan fingerprint density at radius 1 is 1.46 bits per heavy atom. The van der Waals surface area contributed by atoms with Gasteiger partial charge in [0.15, 0.2) is 0 Å². The van der Waals surface area contributed by atoms with Crippen molar-refractivity contribution in [3.63, 3.8) is 0 Å². The second-order valence-electron chi connectivity index (χ2n) is 5.46. The number of halogens is 2. The van der Waals surface area contributed by atoms with Crippen LogP contribution in [0.1, 0.15) is 22.1 Å². The summed E-state index contributed by atoms with van der Waals surface area (Å²) in [6, 6.07) is 5.86. The first-order valence-corrected chi connectivity index (χ1v) is 7.51. The van der Waals surface area contributed by atoms with Crippen LogP contribution in [0.4, 0.5) is 9.18 Å². The Bertz CT molecular complexity index is 823. The molecule has 0 fully saturated rings. The lowest BCUT2D eigenvalue weighted by Gasteiger charge is -2.30. The highest BCUT2D eigenvalue weighted by Crippen LogP contribution is 2.32. The van der Waals surface area contributed by atoms with E-state index in [1.165, 1.54) is 4.68 Å². The van der Waals surface area contributed by atoms with Gasteiger partial charge >= 0.3 is 6.09 Å². The van der Waals surface area contributed by atoms with E-state index < -0.39 is 24.7 Å². The van der Waals surface area contributed by atoms with Gasteiger partial charge in [0.25, 0.3) is 5.91 Å². The lowest BCUT2D eigenvalue weighted by molar-refractivity contribution is 0.0983. The van der Waals surface area contributed by atoms with E-state index in [9.17, 15) is 19.1 Å². The van der Waals surface area contributed by atoms with Crippen molar-refractivity contribution in [2.75, 3.05) is 13.2 Å². The number of hydrogen-bond donors (Lipinski definition) is 2. The molecule has 1 unspecified atom stereocenters. The predicted molar refractivity (Wildman–Crippen MR) is 84.6 cm³/mol. The van der Waals surface area contributed by atoms with Crippen LogP contribution in [0.3, 0.4) is 0 Å². The fourth-order valence-corrected chi connectivity index (χ4v) is 3.05. The average molecular weight is 353 g/mol. The van der Waals surface area contributed by atoms with Crippen LogP contribution in [0, 0.1) is 0 Å². The number of rotatable bonds is 3. The van der Waals surface area contributed by atoms with Gasteiger partial charge in [-0.1, -0.05) is 23.7 Å². The summed E-state index contributed by atoms with van der Waals surface area (Å²) >= 11 is 5.98. The number of fused-ring (bicyclic) bond motifs is 1. The maximum atomic E-state index is 13.4. The monoisotopic (exact) mass is 352 g/mol. The summed E-state index contributed by atoms with van der Waals surface area (Å²) in [4.78, 5) is 24.3. The van der Waals surface area contributed by atoms with Crippen molar-refractivity contribution in [1.29, 1.82) is 0 Å². The minimum absolute atomic E-state index is 0.0479. The molecule has 1 aromatic heterocycles. The summed E-state index contributed by atoms with van der Waals surface area (Å²) < 4.78 is 14.7. The van der Waals surface area contributed by atoms with Crippen LogP contribution < -0.4 is 5.73 Å². The van der Waals surface area contributed by atoms with Gasteiger partial charge in [-0.05, 0) is 12.1 Å². The molecule has 1 aliphatic heterocycles. The number of carbonyl (C=O) groups is 2. The predicted octanol–water partition coefficient (Wildman–Crippen LogP) is 2.31. The van der Waals surface area contributed by atoms with Crippen LogP contribution >= 0.6 is 11.6 Å². The van der Waals surface area contributed by atoms with Gasteiger partial charge in [-0.25, -0.2) is 9.18 Å². The summed E-state index contributed by atoms with van der Waals surface area (Å²) in [6.45, 7) is -0.947. The number of aromatic nitrogens is 2. The number of carbonyl (C=O) groups excluding carboxylic acids is 1. The molecule has 2 heterocycles. The van der Waals surface area contributed by atoms with Crippen LogP contribution in [-0.2, 0) is 6.54 Å². The van der Waals surface area contributed by atoms with Crippen molar-refractivity contribution >= 4 is 23.6 Å². The molecular weight excluding hydrogens is 339 g/mol. The van der Waals surface area contributed by atoms with Crippen molar-refractivity contribution in [2.24, 2.45) is 5.73 Å². The summed E-state index contributed by atoms with van der Waals surface area (Å²) in [6.07, 6.45) is -1.19. The van der Waals surface area contributed by atoms with E-state index in [4.69, 9.17) is 17.3 Å². The molecule has 0 aliphatic carbocycles. The Labute approximate surface area is 141 Å². The first-order valence-electron chi connectivity index (χ1n) is 7.13. The second kappa shape index (κ2) is 6.12. The summed E-state index contributed by atoms with van der Waals surface area (Å²) in [5.41, 5.74) is 6.68. The Kier molecular flexibility index (Phi) is 4.15. The molecule has 1 aliphatic rings. The number of carboxylic acid groups (broad SMARTS) is 1. The Morgan fingerprint density at radius 2 is 2.21 bits per heavy atom. The van der Waals surface area contributed by atoms with Gasteiger partial charge in [0.2, 0.25) is 0 Å². The first-order chi connectivity index (χ1) is 11.4. The number of benzene rings is 1. The molecule has 0 radical (unpaired) electrons. The zero-order valence-corrected chi connectivity index (χ0v) is 13.2. The number of nitrogens with zero attached hydrogens (tertiary/aromatic N) is 3. The summed E-state index contributed by atoms with van der Waals surface area (Å²) in [5, 5.41) is 14.0. The SMILES string of the molecule is NC(=O)c1c(-c2cccc(Cl)c2)nn2c1CN(C(=O)O)CC2CF. The van der Waals surface area contributed by atoms with Crippen molar-refractivity contribution in [3.8, 4) is 11.3 Å². The highest BCUT2D eigenvalue weighted by Gasteiger charge is 2.34. The summed E-state index contributed by atoms with van der Waals surface area (Å²) in [5.74, 6) is -0.754. The molecule has 1 atom stereocenters. The molecule has 0 spiro atoms. The van der Waals surface area contributed by atoms with Crippen molar-refractivity contribution in [1.82, 2.24) is 14.7 Å². The maximum absolute atomic E-state index is 13.4. The third-order valence-corrected chi connectivity index (χ3v) is 4.16. The fraction of sp³-hybridized carbons (Fsp3) is 0.267. The van der Waals surface area contributed by atoms with E-state index >= 15 is 0 Å². The van der Waals surface area contributed by atoms with Gasteiger partial charge in [-0.2, -0.15) is 5.10 Å². The molecule has 9 heteroatoms. The zero-order valence-electron chi connectivity index (χ0n) is 12.4. The third kappa shape index (κ3) is 2.69. The molecule has 1 aromatic carbocycles. The largest absolute Gasteiger partial charge is 0.465 e. The molecule has 2 amide bonds. The van der Waals surface area contributed by atoms with E-state index in [0.717, 1.165) is 4.90 Å². The topological polar surface area (TPSA) is 101 Å². The lowest BCUT2D eigenvalue weighted by atomic mass is 10.0. The maximum Gasteiger partial charge on any atom is 0.407 e. The number of alkyl halides is 1. The highest BCUT2D eigenvalue weighted by atomic mass is 35.5. The molecule has 7 nitrogen and oxygen atoms in total. The van der Waals surface area contributed by atoms with Crippen LogP contribution in [0.5, 0.6) is 0 Å². The van der Waals surface area contributed by atoms with Crippen molar-refractivity contribution in [2.45, 2.75) is 12.6 Å². The average Bonchev–Trinajstić information content (AvgIpc) is 2.93. The van der Waals surface area contributed by atoms with Crippen molar-refractivity contribution in [3.05, 3.63) is 40.5 Å². The van der Waals surface area contributed by atoms with Gasteiger partial charge < -0.3 is 15.7 Å². The summed E-state index contributed by atoms with van der Waals surface area (Å²) in [7, 11) is 0. The van der Waals surface area contributed by atoms with Gasteiger partial charge in [0.05, 0.1) is 23.8 Å². The molecule has 126 valence electrons. The van der Waals surface area contributed by atoms with Crippen LogP contribution in [-0.4, -0.2) is 45.0 Å². The minimum atomic E-state index is -1.19. The van der Waals surface area contributed by atoms with Crippen LogP contribution in [0.25, 0.3) is 11.3 Å². The molecule has 0 saturated heterocycles. The molecule has 3 rings (SSSR count). The van der Waals surface area contributed by atoms with Gasteiger partial charge in [-0.3, -0.25) is 9.48 Å². The van der Waals surface area contributed by atoms with Crippen LogP contribution in [0.2, 0.25) is 5.02 Å².